The number of benzene rings is 1. The zero-order valence-electron chi connectivity index (χ0n) is 13.4. The van der Waals surface area contributed by atoms with E-state index in [2.05, 4.69) is 23.6 Å². The summed E-state index contributed by atoms with van der Waals surface area (Å²) in [5, 5.41) is 0. The van der Waals surface area contributed by atoms with Crippen molar-refractivity contribution in [2.45, 2.75) is 32.7 Å². The van der Waals surface area contributed by atoms with Gasteiger partial charge in [0.25, 0.3) is 0 Å². The third kappa shape index (κ3) is 3.03. The van der Waals surface area contributed by atoms with Crippen LogP contribution in [0.15, 0.2) is 29.3 Å². The van der Waals surface area contributed by atoms with Gasteiger partial charge < -0.3 is 15.5 Å². The van der Waals surface area contributed by atoms with E-state index < -0.39 is 0 Å². The minimum Gasteiger partial charge on any atom is -0.370 e. The van der Waals surface area contributed by atoms with Crippen LogP contribution in [0.25, 0.3) is 0 Å². The first-order chi connectivity index (χ1) is 10.5. The van der Waals surface area contributed by atoms with Crippen molar-refractivity contribution in [1.29, 1.82) is 0 Å². The lowest BCUT2D eigenvalue weighted by atomic mass is 9.68. The van der Waals surface area contributed by atoms with E-state index in [4.69, 9.17) is 10.7 Å². The quantitative estimate of drug-likeness (QED) is 0.674. The van der Waals surface area contributed by atoms with Crippen molar-refractivity contribution in [2.24, 2.45) is 16.1 Å². The standard InChI is InChI=1S/C17H25FN4/c1-17(2)8-7-15(17)20-16(19)22-11-9-21(10-12-22)14-5-3-13(18)4-6-14/h3-6,15H,7-12H2,1-2H3,(H2,19,20). The summed E-state index contributed by atoms with van der Waals surface area (Å²) in [5.74, 6) is 0.485. The highest BCUT2D eigenvalue weighted by Gasteiger charge is 2.38. The van der Waals surface area contributed by atoms with Gasteiger partial charge in [-0.25, -0.2) is 9.38 Å². The molecule has 2 fully saturated rings. The molecule has 22 heavy (non-hydrogen) atoms. The van der Waals surface area contributed by atoms with Crippen molar-refractivity contribution in [3.05, 3.63) is 30.1 Å². The molecule has 0 aromatic heterocycles. The van der Waals surface area contributed by atoms with Gasteiger partial charge in [-0.05, 0) is 42.5 Å². The number of aliphatic imine (C=N–C) groups is 1. The Morgan fingerprint density at radius 3 is 2.32 bits per heavy atom. The first-order valence-corrected chi connectivity index (χ1v) is 8.04. The molecule has 1 aromatic carbocycles. The van der Waals surface area contributed by atoms with E-state index in [1.807, 2.05) is 12.1 Å². The maximum Gasteiger partial charge on any atom is 0.191 e. The SMILES string of the molecule is CC1(C)CCC1N=C(N)N1CCN(c2ccc(F)cc2)CC1. The molecule has 4 nitrogen and oxygen atoms in total. The van der Waals surface area contributed by atoms with E-state index in [0.29, 0.717) is 17.4 Å². The predicted octanol–water partition coefficient (Wildman–Crippen LogP) is 2.45. The van der Waals surface area contributed by atoms with Crippen LogP contribution in [-0.4, -0.2) is 43.1 Å². The highest BCUT2D eigenvalue weighted by atomic mass is 19.1. The van der Waals surface area contributed by atoms with Gasteiger partial charge in [0.1, 0.15) is 5.82 Å². The normalized spacial score (nSPS) is 25.0. The molecule has 0 radical (unpaired) electrons. The molecule has 1 unspecified atom stereocenters. The van der Waals surface area contributed by atoms with Gasteiger partial charge in [0.15, 0.2) is 5.96 Å². The van der Waals surface area contributed by atoms with Crippen molar-refractivity contribution in [3.8, 4) is 0 Å². The van der Waals surface area contributed by atoms with Crippen molar-refractivity contribution in [3.63, 3.8) is 0 Å². The maximum atomic E-state index is 13.0. The Hall–Kier alpha value is -1.78. The Balaban J connectivity index is 1.57. The highest BCUT2D eigenvalue weighted by Crippen LogP contribution is 2.42. The zero-order valence-corrected chi connectivity index (χ0v) is 13.4. The lowest BCUT2D eigenvalue weighted by Gasteiger charge is -2.43. The number of piperazine rings is 1. The van der Waals surface area contributed by atoms with Crippen LogP contribution in [0.3, 0.4) is 0 Å². The zero-order chi connectivity index (χ0) is 15.7. The fourth-order valence-electron chi connectivity index (χ4n) is 3.18. The van der Waals surface area contributed by atoms with Crippen LogP contribution in [-0.2, 0) is 0 Å². The first kappa shape index (κ1) is 15.1. The number of nitrogens with zero attached hydrogens (tertiary/aromatic N) is 3. The predicted molar refractivity (Wildman–Crippen MR) is 88.6 cm³/mol. The van der Waals surface area contributed by atoms with E-state index in [9.17, 15) is 4.39 Å². The molecule has 1 saturated carbocycles. The number of guanidine groups is 1. The second-order valence-corrected chi connectivity index (χ2v) is 6.98. The monoisotopic (exact) mass is 304 g/mol. The van der Waals surface area contributed by atoms with Crippen LogP contribution >= 0.6 is 0 Å². The number of anilines is 1. The average Bonchev–Trinajstić information content (AvgIpc) is 2.52. The molecule has 1 atom stereocenters. The number of hydrogen-bond donors (Lipinski definition) is 1. The van der Waals surface area contributed by atoms with E-state index in [-0.39, 0.29) is 5.82 Å². The molecule has 1 aliphatic carbocycles. The fraction of sp³-hybridized carbons (Fsp3) is 0.588. The van der Waals surface area contributed by atoms with Crippen molar-refractivity contribution < 1.29 is 4.39 Å². The van der Waals surface area contributed by atoms with Gasteiger partial charge >= 0.3 is 0 Å². The molecule has 1 saturated heterocycles. The van der Waals surface area contributed by atoms with Crippen LogP contribution in [0.1, 0.15) is 26.7 Å². The molecule has 0 amide bonds. The van der Waals surface area contributed by atoms with Crippen LogP contribution in [0, 0.1) is 11.2 Å². The number of rotatable bonds is 2. The molecule has 1 heterocycles. The largest absolute Gasteiger partial charge is 0.370 e. The van der Waals surface area contributed by atoms with Gasteiger partial charge in [0.2, 0.25) is 0 Å². The number of hydrogen-bond acceptors (Lipinski definition) is 2. The first-order valence-electron chi connectivity index (χ1n) is 8.04. The summed E-state index contributed by atoms with van der Waals surface area (Å²) in [5.41, 5.74) is 7.55. The van der Waals surface area contributed by atoms with E-state index in [0.717, 1.165) is 38.3 Å². The molecule has 2 N–H and O–H groups in total. The number of halogens is 1. The molecular formula is C17H25FN4. The molecule has 3 rings (SSSR count). The van der Waals surface area contributed by atoms with Gasteiger partial charge in [0, 0.05) is 31.9 Å². The molecule has 1 aromatic rings. The maximum absolute atomic E-state index is 13.0. The number of nitrogens with two attached hydrogens (primary N) is 1. The lowest BCUT2D eigenvalue weighted by molar-refractivity contribution is 0.144. The Labute approximate surface area is 131 Å². The molecule has 0 bridgehead atoms. The lowest BCUT2D eigenvalue weighted by Crippen LogP contribution is -2.52. The van der Waals surface area contributed by atoms with E-state index >= 15 is 0 Å². The van der Waals surface area contributed by atoms with E-state index in [1.165, 1.54) is 18.6 Å². The molecule has 120 valence electrons. The van der Waals surface area contributed by atoms with Crippen molar-refractivity contribution in [1.82, 2.24) is 4.90 Å². The molecule has 2 aliphatic rings. The summed E-state index contributed by atoms with van der Waals surface area (Å²) in [6.45, 7) is 8.00. The van der Waals surface area contributed by atoms with Gasteiger partial charge in [0.05, 0.1) is 6.04 Å². The summed E-state index contributed by atoms with van der Waals surface area (Å²) in [4.78, 5) is 9.14. The Bertz CT molecular complexity index is 544. The minimum absolute atomic E-state index is 0.193. The Morgan fingerprint density at radius 2 is 1.82 bits per heavy atom. The Morgan fingerprint density at radius 1 is 1.18 bits per heavy atom. The van der Waals surface area contributed by atoms with Gasteiger partial charge in [-0.15, -0.1) is 0 Å². The van der Waals surface area contributed by atoms with E-state index in [1.54, 1.807) is 0 Å². The van der Waals surface area contributed by atoms with Gasteiger partial charge in [-0.2, -0.15) is 0 Å². The summed E-state index contributed by atoms with van der Waals surface area (Å²) >= 11 is 0. The second-order valence-electron chi connectivity index (χ2n) is 6.98. The highest BCUT2D eigenvalue weighted by molar-refractivity contribution is 5.78. The topological polar surface area (TPSA) is 44.9 Å². The third-order valence-corrected chi connectivity index (χ3v) is 5.05. The van der Waals surface area contributed by atoms with Gasteiger partial charge in [-0.3, -0.25) is 0 Å². The Kier molecular flexibility index (Phi) is 3.98. The van der Waals surface area contributed by atoms with Crippen molar-refractivity contribution >= 4 is 11.6 Å². The summed E-state index contributed by atoms with van der Waals surface area (Å²) < 4.78 is 13.0. The van der Waals surface area contributed by atoms with Gasteiger partial charge in [-0.1, -0.05) is 13.8 Å². The molecule has 0 spiro atoms. The third-order valence-electron chi connectivity index (χ3n) is 5.05. The average molecular weight is 304 g/mol. The van der Waals surface area contributed by atoms with Crippen LogP contribution < -0.4 is 10.6 Å². The molecule has 5 heteroatoms. The van der Waals surface area contributed by atoms with Crippen LogP contribution in [0.2, 0.25) is 0 Å². The summed E-state index contributed by atoms with van der Waals surface area (Å²) in [7, 11) is 0. The van der Waals surface area contributed by atoms with Crippen molar-refractivity contribution in [2.75, 3.05) is 31.1 Å². The van der Waals surface area contributed by atoms with Crippen LogP contribution in [0.4, 0.5) is 10.1 Å². The minimum atomic E-state index is -0.193. The fourth-order valence-corrected chi connectivity index (χ4v) is 3.18. The van der Waals surface area contributed by atoms with Crippen LogP contribution in [0.5, 0.6) is 0 Å². The second kappa shape index (κ2) is 5.78. The smallest absolute Gasteiger partial charge is 0.191 e. The molecule has 1 aliphatic heterocycles. The summed E-state index contributed by atoms with van der Waals surface area (Å²) in [6, 6.07) is 7.05. The molecular weight excluding hydrogens is 279 g/mol. The summed E-state index contributed by atoms with van der Waals surface area (Å²) in [6.07, 6.45) is 2.37.